The van der Waals surface area contributed by atoms with E-state index in [1.165, 1.54) is 71.2 Å². The quantitative estimate of drug-likeness (QED) is 0.277. The summed E-state index contributed by atoms with van der Waals surface area (Å²) in [6.07, 6.45) is 13.3. The number of aliphatic hydroxyl groups is 2. The van der Waals surface area contributed by atoms with Crippen LogP contribution < -0.4 is 0 Å². The number of nitrogens with zero attached hydrogens (tertiary/aromatic N) is 2. The minimum atomic E-state index is -0.708. The van der Waals surface area contributed by atoms with Gasteiger partial charge in [0.1, 0.15) is 11.9 Å². The first kappa shape index (κ1) is 41.2. The maximum Gasteiger partial charge on any atom is 0.160 e. The number of rotatable bonds is 6. The summed E-state index contributed by atoms with van der Waals surface area (Å²) < 4.78 is 6.03. The summed E-state index contributed by atoms with van der Waals surface area (Å²) >= 11 is 0. The molecule has 4 saturated carbocycles. The Hall–Kier alpha value is -2.87. The molecule has 1 aromatic carbocycles. The van der Waals surface area contributed by atoms with Crippen LogP contribution in [-0.2, 0) is 20.7 Å². The number of Topliss-reactive ketones (excluding diaryl/α,β-unsaturated/α-hetero) is 2. The lowest BCUT2D eigenvalue weighted by atomic mass is 9.34. The molecular formula is C53H72N2O5. The maximum atomic E-state index is 15.2. The Morgan fingerprint density at radius 3 is 2.38 bits per heavy atom. The summed E-state index contributed by atoms with van der Waals surface area (Å²) in [4.78, 5) is 36.6. The monoisotopic (exact) mass is 817 g/mol. The van der Waals surface area contributed by atoms with Crippen molar-refractivity contribution in [3.8, 4) is 0 Å². The van der Waals surface area contributed by atoms with Gasteiger partial charge in [-0.15, -0.1) is 0 Å². The van der Waals surface area contributed by atoms with Crippen LogP contribution in [0.3, 0.4) is 0 Å². The fraction of sp³-hybridized carbons (Fsp3) is 0.717. The van der Waals surface area contributed by atoms with E-state index in [0.717, 1.165) is 49.9 Å². The Labute approximate surface area is 359 Å². The molecule has 0 aromatic heterocycles. The molecule has 7 heteroatoms. The van der Waals surface area contributed by atoms with E-state index >= 15 is 4.79 Å². The summed E-state index contributed by atoms with van der Waals surface area (Å²) in [5.41, 5.74) is 8.59. The summed E-state index contributed by atoms with van der Waals surface area (Å²) in [6.45, 7) is 21.4. The molecule has 9 aliphatic rings. The molecule has 60 heavy (non-hydrogen) atoms. The molecule has 0 amide bonds. The molecule has 0 bridgehead atoms. The van der Waals surface area contributed by atoms with Gasteiger partial charge in [0.15, 0.2) is 5.78 Å². The highest BCUT2D eigenvalue weighted by Crippen LogP contribution is 2.75. The Morgan fingerprint density at radius 1 is 0.933 bits per heavy atom. The van der Waals surface area contributed by atoms with Gasteiger partial charge in [0.05, 0.1) is 29.2 Å². The minimum absolute atomic E-state index is 0.0734. The predicted molar refractivity (Wildman–Crippen MR) is 236 cm³/mol. The van der Waals surface area contributed by atoms with Crippen molar-refractivity contribution in [1.82, 2.24) is 4.90 Å². The normalized spacial score (nSPS) is 41.0. The molecule has 10 atom stereocenters. The van der Waals surface area contributed by atoms with Crippen molar-refractivity contribution in [1.29, 1.82) is 0 Å². The molecule has 0 radical (unpaired) electrons. The second kappa shape index (κ2) is 13.6. The number of aryl methyl sites for hydroxylation is 1. The van der Waals surface area contributed by atoms with Gasteiger partial charge in [0.2, 0.25) is 0 Å². The topological polar surface area (TPSA) is 103 Å². The number of benzene rings is 1. The molecule has 7 nitrogen and oxygen atoms in total. The average molecular weight is 817 g/mol. The number of carbonyl (C=O) groups is 2. The van der Waals surface area contributed by atoms with Crippen molar-refractivity contribution < 1.29 is 24.5 Å². The number of fused-ring (bicyclic) bond motifs is 4. The van der Waals surface area contributed by atoms with E-state index in [0.29, 0.717) is 43.9 Å². The highest BCUT2D eigenvalue weighted by molar-refractivity contribution is 6.02. The van der Waals surface area contributed by atoms with Crippen molar-refractivity contribution in [2.45, 2.75) is 182 Å². The van der Waals surface area contributed by atoms with Crippen LogP contribution in [0.5, 0.6) is 0 Å². The fourth-order valence-corrected chi connectivity index (χ4v) is 16.2. The van der Waals surface area contributed by atoms with Crippen LogP contribution in [0.2, 0.25) is 0 Å². The third kappa shape index (κ3) is 5.85. The molecule has 0 spiro atoms. The van der Waals surface area contributed by atoms with Gasteiger partial charge >= 0.3 is 0 Å². The smallest absolute Gasteiger partial charge is 0.160 e. The van der Waals surface area contributed by atoms with Crippen LogP contribution in [-0.4, -0.2) is 69.9 Å². The van der Waals surface area contributed by atoms with E-state index < -0.39 is 28.5 Å². The molecule has 4 heterocycles. The third-order valence-corrected chi connectivity index (χ3v) is 19.3. The van der Waals surface area contributed by atoms with Crippen LogP contribution in [0.1, 0.15) is 161 Å². The molecule has 2 N–H and O–H groups in total. The first-order valence-electron chi connectivity index (χ1n) is 23.9. The van der Waals surface area contributed by atoms with Gasteiger partial charge < -0.3 is 19.8 Å². The largest absolute Gasteiger partial charge is 0.392 e. The number of allylic oxidation sites excluding steroid dienone is 2. The average Bonchev–Trinajstić information content (AvgIpc) is 3.43. The lowest BCUT2D eigenvalue weighted by Crippen LogP contribution is -2.68. The summed E-state index contributed by atoms with van der Waals surface area (Å²) in [6, 6.07) is 7.27. The van der Waals surface area contributed by atoms with E-state index in [1.54, 1.807) is 0 Å². The molecular weight excluding hydrogens is 745 g/mol. The summed E-state index contributed by atoms with van der Waals surface area (Å²) in [7, 11) is 0. The van der Waals surface area contributed by atoms with E-state index in [1.807, 2.05) is 13.8 Å². The van der Waals surface area contributed by atoms with Gasteiger partial charge in [-0.25, -0.2) is 0 Å². The van der Waals surface area contributed by atoms with Crippen molar-refractivity contribution in [3.63, 3.8) is 0 Å². The van der Waals surface area contributed by atoms with Gasteiger partial charge in [-0.1, -0.05) is 84.6 Å². The Morgan fingerprint density at radius 2 is 1.67 bits per heavy atom. The van der Waals surface area contributed by atoms with Gasteiger partial charge in [-0.05, 0) is 140 Å². The number of hydrogen-bond acceptors (Lipinski definition) is 7. The number of hydrogen-bond donors (Lipinski definition) is 2. The van der Waals surface area contributed by atoms with E-state index in [2.05, 4.69) is 77.8 Å². The molecule has 5 aliphatic carbocycles. The fourth-order valence-electron chi connectivity index (χ4n) is 16.2. The summed E-state index contributed by atoms with van der Waals surface area (Å²) in [5, 5.41) is 25.4. The molecule has 4 aliphatic heterocycles. The van der Waals surface area contributed by atoms with Crippen LogP contribution in [0.25, 0.3) is 0 Å². The highest BCUT2D eigenvalue weighted by atomic mass is 16.6. The second-order valence-electron chi connectivity index (χ2n) is 23.7. The SMILES string of the molecule is Cc1cc(CC2=C3N=CC4=C3N(C2)C[C@@H]2C3=C(C(=O)C[C@]3(C)[C@@]3(C)CC[C@H]5C(C)(C)C(=O)CC[C@]5(C)[C@@H]3[C@@H]2O)[C@](C)(C[C@@H](O)[C@@H]2OC2(C)C)CC4)cc(C2CCCCC2)c1. The Balaban J connectivity index is 1.09. The number of carbonyl (C=O) groups excluding carboxylic acids is 2. The van der Waals surface area contributed by atoms with Crippen molar-refractivity contribution in [2.75, 3.05) is 13.1 Å². The number of aliphatic hydroxyl groups excluding tert-OH is 2. The molecule has 1 aromatic rings. The zero-order valence-corrected chi connectivity index (χ0v) is 38.2. The van der Waals surface area contributed by atoms with E-state index in [4.69, 9.17) is 9.73 Å². The zero-order valence-electron chi connectivity index (χ0n) is 38.2. The van der Waals surface area contributed by atoms with E-state index in [-0.39, 0.29) is 46.1 Å². The molecule has 324 valence electrons. The van der Waals surface area contributed by atoms with Crippen LogP contribution >= 0.6 is 0 Å². The van der Waals surface area contributed by atoms with Gasteiger partial charge in [0.25, 0.3) is 0 Å². The van der Waals surface area contributed by atoms with E-state index in [9.17, 15) is 15.0 Å². The Kier molecular flexibility index (Phi) is 9.31. The first-order valence-corrected chi connectivity index (χ1v) is 23.9. The predicted octanol–water partition coefficient (Wildman–Crippen LogP) is 9.92. The standard InChI is InChI=1S/C53H72N2O5/c1-30-21-31(23-34(22-30)32-13-11-10-12-14-32)24-35-28-55-29-36-41-42(50(6,25-38(57)47-49(4,5)60-47)18-15-33-27-54-43(35)44(33)55)37(56)26-53(41,9)52(8)20-16-39-48(2,3)40(58)17-19-51(39,7)46(52)45(36)59/h21-23,27,32,36,38-39,45-47,57,59H,10-20,24-26,28-29H2,1-9H3/t36-,38-,39+,45-,46+,47+,50+,51+,52+,53+/m1/s1. The van der Waals surface area contributed by atoms with Crippen LogP contribution in [0.15, 0.2) is 56.9 Å². The molecule has 5 fully saturated rings. The molecule has 0 unspecified atom stereocenters. The lowest BCUT2D eigenvalue weighted by molar-refractivity contribution is -0.219. The number of aliphatic imine (C=N–C) groups is 1. The lowest BCUT2D eigenvalue weighted by Gasteiger charge is -2.70. The zero-order chi connectivity index (χ0) is 42.5. The van der Waals surface area contributed by atoms with Crippen LogP contribution in [0.4, 0.5) is 0 Å². The number of ether oxygens (including phenoxy) is 1. The molecule has 1 saturated heterocycles. The number of epoxide rings is 1. The molecule has 10 rings (SSSR count). The van der Waals surface area contributed by atoms with Gasteiger partial charge in [0, 0.05) is 54.5 Å². The first-order chi connectivity index (χ1) is 28.2. The van der Waals surface area contributed by atoms with Gasteiger partial charge in [-0.3, -0.25) is 14.6 Å². The minimum Gasteiger partial charge on any atom is -0.392 e. The van der Waals surface area contributed by atoms with Crippen molar-refractivity contribution in [3.05, 3.63) is 68.6 Å². The highest BCUT2D eigenvalue weighted by Gasteiger charge is 2.73. The van der Waals surface area contributed by atoms with Gasteiger partial charge in [-0.2, -0.15) is 0 Å². The second-order valence-corrected chi connectivity index (χ2v) is 23.7. The number of ketones is 2. The van der Waals surface area contributed by atoms with Crippen molar-refractivity contribution in [2.24, 2.45) is 49.8 Å². The Bertz CT molecular complexity index is 2170. The third-order valence-electron chi connectivity index (χ3n) is 19.3. The van der Waals surface area contributed by atoms with Crippen LogP contribution in [0, 0.1) is 51.8 Å². The van der Waals surface area contributed by atoms with Crippen molar-refractivity contribution >= 4 is 17.8 Å². The maximum absolute atomic E-state index is 15.2. The summed E-state index contributed by atoms with van der Waals surface area (Å²) in [5.74, 6) is 1.02.